The number of carbonyl (C=O) groups is 1. The molecule has 0 bridgehead atoms. The van der Waals surface area contributed by atoms with E-state index in [0.29, 0.717) is 23.5 Å². The molecule has 0 N–H and O–H groups in total. The summed E-state index contributed by atoms with van der Waals surface area (Å²) < 4.78 is 18.7. The molecule has 0 saturated heterocycles. The number of carbonyl (C=O) groups excluding carboxylic acids is 1. The second kappa shape index (κ2) is 7.09. The predicted octanol–water partition coefficient (Wildman–Crippen LogP) is 4.94. The standard InChI is InChI=1S/C21H17FO2/c1-15-3-2-4-16(13-15)14-24-20-11-7-18(8-12-20)21(23)17-5-9-19(22)10-6-17/h2-13H,14H2,1H3. The van der Waals surface area contributed by atoms with Crippen LogP contribution < -0.4 is 4.74 Å². The molecule has 120 valence electrons. The van der Waals surface area contributed by atoms with Crippen LogP contribution in [-0.2, 0) is 6.61 Å². The Hall–Kier alpha value is -2.94. The monoisotopic (exact) mass is 320 g/mol. The van der Waals surface area contributed by atoms with E-state index in [4.69, 9.17) is 4.74 Å². The summed E-state index contributed by atoms with van der Waals surface area (Å²) in [5.74, 6) is 0.207. The molecular weight excluding hydrogens is 303 g/mol. The van der Waals surface area contributed by atoms with E-state index in [2.05, 4.69) is 6.07 Å². The Labute approximate surface area is 140 Å². The average molecular weight is 320 g/mol. The first-order valence-corrected chi connectivity index (χ1v) is 7.70. The van der Waals surface area contributed by atoms with Crippen molar-refractivity contribution in [3.8, 4) is 5.75 Å². The number of ether oxygens (including phenoxy) is 1. The maximum Gasteiger partial charge on any atom is 0.193 e. The second-order valence-electron chi connectivity index (χ2n) is 5.64. The number of hydrogen-bond donors (Lipinski definition) is 0. The van der Waals surface area contributed by atoms with E-state index in [1.807, 2.05) is 25.1 Å². The summed E-state index contributed by atoms with van der Waals surface area (Å²) in [7, 11) is 0. The van der Waals surface area contributed by atoms with Crippen molar-refractivity contribution in [3.05, 3.63) is 101 Å². The molecule has 0 amide bonds. The minimum Gasteiger partial charge on any atom is -0.489 e. The molecule has 0 radical (unpaired) electrons. The van der Waals surface area contributed by atoms with Crippen molar-refractivity contribution in [1.82, 2.24) is 0 Å². The van der Waals surface area contributed by atoms with Gasteiger partial charge in [0.15, 0.2) is 5.78 Å². The first-order valence-electron chi connectivity index (χ1n) is 7.70. The molecule has 3 aromatic carbocycles. The van der Waals surface area contributed by atoms with Gasteiger partial charge >= 0.3 is 0 Å². The van der Waals surface area contributed by atoms with Crippen LogP contribution >= 0.6 is 0 Å². The Kier molecular flexibility index (Phi) is 4.71. The van der Waals surface area contributed by atoms with Gasteiger partial charge in [-0.05, 0) is 61.0 Å². The van der Waals surface area contributed by atoms with Crippen molar-refractivity contribution in [2.24, 2.45) is 0 Å². The van der Waals surface area contributed by atoms with E-state index < -0.39 is 0 Å². The molecule has 2 nitrogen and oxygen atoms in total. The third-order valence-electron chi connectivity index (χ3n) is 3.71. The number of halogens is 1. The molecule has 0 aliphatic heterocycles. The number of aryl methyl sites for hydroxylation is 1. The SMILES string of the molecule is Cc1cccc(COc2ccc(C(=O)c3ccc(F)cc3)cc2)c1. The van der Waals surface area contributed by atoms with E-state index >= 15 is 0 Å². The third-order valence-corrected chi connectivity index (χ3v) is 3.71. The lowest BCUT2D eigenvalue weighted by atomic mass is 10.0. The van der Waals surface area contributed by atoms with E-state index in [1.165, 1.54) is 29.8 Å². The molecule has 0 aliphatic rings. The normalized spacial score (nSPS) is 10.4. The first kappa shape index (κ1) is 15.9. The predicted molar refractivity (Wildman–Crippen MR) is 91.8 cm³/mol. The van der Waals surface area contributed by atoms with Crippen molar-refractivity contribution < 1.29 is 13.9 Å². The molecule has 0 saturated carbocycles. The van der Waals surface area contributed by atoms with Gasteiger partial charge in [-0.2, -0.15) is 0 Å². The molecule has 3 rings (SSSR count). The maximum absolute atomic E-state index is 12.9. The Bertz CT molecular complexity index is 836. The van der Waals surface area contributed by atoms with Gasteiger partial charge in [0.05, 0.1) is 0 Å². The van der Waals surface area contributed by atoms with Crippen molar-refractivity contribution in [2.45, 2.75) is 13.5 Å². The molecule has 0 atom stereocenters. The topological polar surface area (TPSA) is 26.3 Å². The maximum atomic E-state index is 12.9. The minimum atomic E-state index is -0.355. The van der Waals surface area contributed by atoms with Crippen LogP contribution in [0.2, 0.25) is 0 Å². The molecular formula is C21H17FO2. The third kappa shape index (κ3) is 3.87. The van der Waals surface area contributed by atoms with Crippen LogP contribution in [0.25, 0.3) is 0 Å². The van der Waals surface area contributed by atoms with Crippen LogP contribution in [0.1, 0.15) is 27.0 Å². The highest BCUT2D eigenvalue weighted by molar-refractivity contribution is 6.08. The summed E-state index contributed by atoms with van der Waals surface area (Å²) in [5, 5.41) is 0. The van der Waals surface area contributed by atoms with Crippen LogP contribution in [0.4, 0.5) is 4.39 Å². The van der Waals surface area contributed by atoms with Gasteiger partial charge in [-0.15, -0.1) is 0 Å². The van der Waals surface area contributed by atoms with E-state index in [-0.39, 0.29) is 11.6 Å². The molecule has 0 aliphatic carbocycles. The van der Waals surface area contributed by atoms with Gasteiger partial charge < -0.3 is 4.74 Å². The Balaban J connectivity index is 1.66. The Morgan fingerprint density at radius 2 is 1.54 bits per heavy atom. The minimum absolute atomic E-state index is 0.139. The summed E-state index contributed by atoms with van der Waals surface area (Å²) in [6, 6.07) is 20.6. The first-order chi connectivity index (χ1) is 11.6. The average Bonchev–Trinajstić information content (AvgIpc) is 2.61. The van der Waals surface area contributed by atoms with Crippen molar-refractivity contribution in [3.63, 3.8) is 0 Å². The zero-order valence-electron chi connectivity index (χ0n) is 13.3. The summed E-state index contributed by atoms with van der Waals surface area (Å²) in [6.45, 7) is 2.52. The van der Waals surface area contributed by atoms with Gasteiger partial charge in [0.2, 0.25) is 0 Å². The van der Waals surface area contributed by atoms with Crippen LogP contribution in [-0.4, -0.2) is 5.78 Å². The summed E-state index contributed by atoms with van der Waals surface area (Å²) >= 11 is 0. The fourth-order valence-electron chi connectivity index (χ4n) is 2.44. The van der Waals surface area contributed by atoms with Crippen molar-refractivity contribution >= 4 is 5.78 Å². The zero-order valence-corrected chi connectivity index (χ0v) is 13.3. The molecule has 3 aromatic rings. The molecule has 0 fully saturated rings. The lowest BCUT2D eigenvalue weighted by molar-refractivity contribution is 0.103. The van der Waals surface area contributed by atoms with E-state index in [0.717, 1.165) is 5.56 Å². The smallest absolute Gasteiger partial charge is 0.193 e. The summed E-state index contributed by atoms with van der Waals surface area (Å²) in [4.78, 5) is 12.3. The van der Waals surface area contributed by atoms with E-state index in [1.54, 1.807) is 24.3 Å². The van der Waals surface area contributed by atoms with Gasteiger partial charge in [0, 0.05) is 11.1 Å². The van der Waals surface area contributed by atoms with Gasteiger partial charge in [-0.25, -0.2) is 4.39 Å². The molecule has 0 unspecified atom stereocenters. The lowest BCUT2D eigenvalue weighted by Gasteiger charge is -2.08. The van der Waals surface area contributed by atoms with Crippen LogP contribution in [0.15, 0.2) is 72.8 Å². The van der Waals surface area contributed by atoms with Gasteiger partial charge in [-0.3, -0.25) is 4.79 Å². The molecule has 24 heavy (non-hydrogen) atoms. The fourth-order valence-corrected chi connectivity index (χ4v) is 2.44. The van der Waals surface area contributed by atoms with Crippen molar-refractivity contribution in [2.75, 3.05) is 0 Å². The Morgan fingerprint density at radius 1 is 0.917 bits per heavy atom. The van der Waals surface area contributed by atoms with E-state index in [9.17, 15) is 9.18 Å². The molecule has 0 spiro atoms. The highest BCUT2D eigenvalue weighted by Crippen LogP contribution is 2.17. The fraction of sp³-hybridized carbons (Fsp3) is 0.0952. The highest BCUT2D eigenvalue weighted by Gasteiger charge is 2.09. The largest absolute Gasteiger partial charge is 0.489 e. The highest BCUT2D eigenvalue weighted by atomic mass is 19.1. The quantitative estimate of drug-likeness (QED) is 0.622. The van der Waals surface area contributed by atoms with Gasteiger partial charge in [0.25, 0.3) is 0 Å². The molecule has 0 heterocycles. The summed E-state index contributed by atoms with van der Waals surface area (Å²) in [5.41, 5.74) is 3.30. The lowest BCUT2D eigenvalue weighted by Crippen LogP contribution is -2.01. The number of rotatable bonds is 5. The number of ketones is 1. The van der Waals surface area contributed by atoms with Crippen LogP contribution in [0.5, 0.6) is 5.75 Å². The molecule has 0 aromatic heterocycles. The summed E-state index contributed by atoms with van der Waals surface area (Å²) in [6.07, 6.45) is 0. The number of hydrogen-bond acceptors (Lipinski definition) is 2. The van der Waals surface area contributed by atoms with Crippen LogP contribution in [0.3, 0.4) is 0 Å². The second-order valence-corrected chi connectivity index (χ2v) is 5.64. The number of benzene rings is 3. The van der Waals surface area contributed by atoms with Crippen LogP contribution in [0, 0.1) is 12.7 Å². The van der Waals surface area contributed by atoms with Gasteiger partial charge in [-0.1, -0.05) is 29.8 Å². The Morgan fingerprint density at radius 3 is 2.17 bits per heavy atom. The zero-order chi connectivity index (χ0) is 16.9. The van der Waals surface area contributed by atoms with Gasteiger partial charge in [0.1, 0.15) is 18.2 Å². The van der Waals surface area contributed by atoms with Crippen molar-refractivity contribution in [1.29, 1.82) is 0 Å². The molecule has 3 heteroatoms.